The summed E-state index contributed by atoms with van der Waals surface area (Å²) in [5, 5.41) is -0.0208. The predicted molar refractivity (Wildman–Crippen MR) is 117 cm³/mol. The summed E-state index contributed by atoms with van der Waals surface area (Å²) in [6.45, 7) is 0.921. The zero-order valence-corrected chi connectivity index (χ0v) is 18.2. The smallest absolute Gasteiger partial charge is 0.375 e. The van der Waals surface area contributed by atoms with Crippen molar-refractivity contribution in [3.05, 3.63) is 64.7 Å². The summed E-state index contributed by atoms with van der Waals surface area (Å²) in [7, 11) is 1.74. The molecule has 3 rings (SSSR count). The van der Waals surface area contributed by atoms with Crippen LogP contribution in [0.4, 0.5) is 27.6 Å². The minimum atomic E-state index is -4.43. The van der Waals surface area contributed by atoms with Gasteiger partial charge in [-0.2, -0.15) is 13.2 Å². The number of halogens is 5. The molecule has 32 heavy (non-hydrogen) atoms. The normalized spacial score (nSPS) is 16.6. The van der Waals surface area contributed by atoms with Crippen LogP contribution in [0.1, 0.15) is 23.1 Å². The van der Waals surface area contributed by atoms with Crippen molar-refractivity contribution >= 4 is 23.0 Å². The Morgan fingerprint density at radius 1 is 1.19 bits per heavy atom. The maximum atomic E-state index is 14.7. The number of nitrogens with two attached hydrogens (primary N) is 1. The summed E-state index contributed by atoms with van der Waals surface area (Å²) in [5.41, 5.74) is 10.1. The number of nitrogens with one attached hydrogen (secondary N) is 2. The van der Waals surface area contributed by atoms with Gasteiger partial charge in [-0.15, -0.1) is 0 Å². The SMILES string of the molecule is CN(Cc1ccccc1C(F)(F)F)[C@H]1CCN(c2cc(F)c(CNNC(N)=S)cc2F)C1. The Balaban J connectivity index is 1.67. The second kappa shape index (κ2) is 9.97. The van der Waals surface area contributed by atoms with E-state index in [-0.39, 0.29) is 41.1 Å². The minimum absolute atomic E-state index is 0.0208. The quantitative estimate of drug-likeness (QED) is 0.325. The molecular weight excluding hydrogens is 449 g/mol. The van der Waals surface area contributed by atoms with Crippen LogP contribution in [0.3, 0.4) is 0 Å². The van der Waals surface area contributed by atoms with Gasteiger partial charge in [-0.3, -0.25) is 10.3 Å². The first kappa shape index (κ1) is 24.1. The Labute approximate surface area is 188 Å². The lowest BCUT2D eigenvalue weighted by atomic mass is 10.1. The van der Waals surface area contributed by atoms with Gasteiger partial charge >= 0.3 is 6.18 Å². The number of hydrogen-bond acceptors (Lipinski definition) is 4. The van der Waals surface area contributed by atoms with E-state index in [0.717, 1.165) is 18.2 Å². The molecule has 11 heteroatoms. The van der Waals surface area contributed by atoms with Crippen molar-refractivity contribution < 1.29 is 22.0 Å². The molecule has 2 aromatic carbocycles. The molecule has 1 atom stereocenters. The van der Waals surface area contributed by atoms with E-state index in [9.17, 15) is 22.0 Å². The number of anilines is 1. The average molecular weight is 474 g/mol. The molecule has 1 fully saturated rings. The van der Waals surface area contributed by atoms with Crippen LogP contribution in [-0.2, 0) is 19.3 Å². The third-order valence-corrected chi connectivity index (χ3v) is 5.58. The Morgan fingerprint density at radius 2 is 1.91 bits per heavy atom. The van der Waals surface area contributed by atoms with Gasteiger partial charge in [0.25, 0.3) is 0 Å². The first-order valence-electron chi connectivity index (χ1n) is 9.92. The molecule has 174 valence electrons. The van der Waals surface area contributed by atoms with Crippen molar-refractivity contribution in [2.45, 2.75) is 31.7 Å². The monoisotopic (exact) mass is 473 g/mol. The summed E-state index contributed by atoms with van der Waals surface area (Å²) in [5.74, 6) is -1.17. The third kappa shape index (κ3) is 5.84. The highest BCUT2D eigenvalue weighted by Crippen LogP contribution is 2.33. The highest BCUT2D eigenvalue weighted by molar-refractivity contribution is 7.80. The molecule has 1 heterocycles. The summed E-state index contributed by atoms with van der Waals surface area (Å²) in [6, 6.07) is 7.60. The van der Waals surface area contributed by atoms with Crippen LogP contribution >= 0.6 is 12.2 Å². The maximum Gasteiger partial charge on any atom is 0.416 e. The van der Waals surface area contributed by atoms with E-state index in [1.807, 2.05) is 4.90 Å². The fourth-order valence-corrected chi connectivity index (χ4v) is 3.91. The van der Waals surface area contributed by atoms with Crippen LogP contribution in [0.25, 0.3) is 0 Å². The van der Waals surface area contributed by atoms with Crippen molar-refractivity contribution in [3.8, 4) is 0 Å². The summed E-state index contributed by atoms with van der Waals surface area (Å²) < 4.78 is 68.9. The van der Waals surface area contributed by atoms with Crippen molar-refractivity contribution in [1.82, 2.24) is 15.8 Å². The summed E-state index contributed by atoms with van der Waals surface area (Å²) in [4.78, 5) is 3.53. The molecule has 0 spiro atoms. The van der Waals surface area contributed by atoms with Crippen LogP contribution in [0.15, 0.2) is 36.4 Å². The lowest BCUT2D eigenvalue weighted by Gasteiger charge is -2.27. The molecule has 0 saturated carbocycles. The van der Waals surface area contributed by atoms with Crippen molar-refractivity contribution in [2.75, 3.05) is 25.0 Å². The Morgan fingerprint density at radius 3 is 2.59 bits per heavy atom. The molecule has 0 aromatic heterocycles. The van der Waals surface area contributed by atoms with Crippen LogP contribution in [0.2, 0.25) is 0 Å². The average Bonchev–Trinajstić information content (AvgIpc) is 3.20. The molecule has 1 saturated heterocycles. The molecule has 2 aromatic rings. The number of hydrazine groups is 1. The largest absolute Gasteiger partial charge is 0.416 e. The summed E-state index contributed by atoms with van der Waals surface area (Å²) >= 11 is 4.63. The van der Waals surface area contributed by atoms with Gasteiger partial charge in [-0.1, -0.05) is 18.2 Å². The van der Waals surface area contributed by atoms with Gasteiger partial charge < -0.3 is 10.6 Å². The number of rotatable bonds is 7. The first-order chi connectivity index (χ1) is 15.1. The molecule has 4 N–H and O–H groups in total. The minimum Gasteiger partial charge on any atom is -0.375 e. The third-order valence-electron chi connectivity index (χ3n) is 5.48. The number of alkyl halides is 3. The van der Waals surface area contributed by atoms with E-state index >= 15 is 0 Å². The van der Waals surface area contributed by atoms with E-state index in [1.165, 1.54) is 12.1 Å². The first-order valence-corrected chi connectivity index (χ1v) is 10.3. The summed E-state index contributed by atoms with van der Waals surface area (Å²) in [6.07, 6.45) is -3.81. The van der Waals surface area contributed by atoms with Crippen molar-refractivity contribution in [1.29, 1.82) is 0 Å². The second-order valence-electron chi connectivity index (χ2n) is 7.70. The van der Waals surface area contributed by atoms with Crippen molar-refractivity contribution in [3.63, 3.8) is 0 Å². The Bertz CT molecular complexity index is 968. The maximum absolute atomic E-state index is 14.7. The van der Waals surface area contributed by atoms with E-state index in [2.05, 4.69) is 23.1 Å². The van der Waals surface area contributed by atoms with Crippen LogP contribution in [0, 0.1) is 11.6 Å². The number of nitrogens with zero attached hydrogens (tertiary/aromatic N) is 2. The molecule has 0 amide bonds. The highest BCUT2D eigenvalue weighted by atomic mass is 32.1. The van der Waals surface area contributed by atoms with Gasteiger partial charge in [0.1, 0.15) is 11.6 Å². The van der Waals surface area contributed by atoms with Crippen LogP contribution < -0.4 is 21.5 Å². The van der Waals surface area contributed by atoms with Crippen LogP contribution in [0.5, 0.6) is 0 Å². The van der Waals surface area contributed by atoms with Gasteiger partial charge in [0.2, 0.25) is 0 Å². The zero-order valence-electron chi connectivity index (χ0n) is 17.3. The molecule has 0 bridgehead atoms. The van der Waals surface area contributed by atoms with Gasteiger partial charge in [0.05, 0.1) is 11.3 Å². The molecular formula is C21H24F5N5S. The van der Waals surface area contributed by atoms with Gasteiger partial charge in [0, 0.05) is 43.9 Å². The van der Waals surface area contributed by atoms with E-state index in [1.54, 1.807) is 18.0 Å². The molecule has 1 aliphatic heterocycles. The number of hydrogen-bond donors (Lipinski definition) is 3. The van der Waals surface area contributed by atoms with Crippen molar-refractivity contribution in [2.24, 2.45) is 5.73 Å². The van der Waals surface area contributed by atoms with E-state index < -0.39 is 23.4 Å². The molecule has 0 unspecified atom stereocenters. The van der Waals surface area contributed by atoms with Gasteiger partial charge in [0.15, 0.2) is 5.11 Å². The number of thiocarbonyl (C=S) groups is 1. The van der Waals surface area contributed by atoms with Gasteiger partial charge in [-0.05, 0) is 43.4 Å². The highest BCUT2D eigenvalue weighted by Gasteiger charge is 2.34. The number of likely N-dealkylation sites (N-methyl/N-ethyl adjacent to an activating group) is 1. The fraction of sp³-hybridized carbons (Fsp3) is 0.381. The second-order valence-corrected chi connectivity index (χ2v) is 8.14. The number of benzene rings is 2. The Kier molecular flexibility index (Phi) is 7.52. The lowest BCUT2D eigenvalue weighted by Crippen LogP contribution is -2.40. The molecule has 0 aliphatic carbocycles. The zero-order chi connectivity index (χ0) is 23.5. The van der Waals surface area contributed by atoms with E-state index in [0.29, 0.717) is 19.5 Å². The Hall–Kier alpha value is -2.50. The van der Waals surface area contributed by atoms with Gasteiger partial charge in [-0.25, -0.2) is 14.2 Å². The molecule has 1 aliphatic rings. The lowest BCUT2D eigenvalue weighted by molar-refractivity contribution is -0.138. The molecule has 0 radical (unpaired) electrons. The topological polar surface area (TPSA) is 56.6 Å². The van der Waals surface area contributed by atoms with E-state index in [4.69, 9.17) is 5.73 Å². The standard InChI is InChI=1S/C21H24F5N5S/c1-30(11-13-4-2-3-5-16(13)21(24,25)26)15-6-7-31(12-15)19-9-17(22)14(8-18(19)23)10-28-29-20(27)32/h2-5,8-9,15,28H,6-7,10-12H2,1H3,(H3,27,29,32)/t15-/m0/s1. The predicted octanol–water partition coefficient (Wildman–Crippen LogP) is 3.53. The fourth-order valence-electron chi connectivity index (χ4n) is 3.83. The molecule has 5 nitrogen and oxygen atoms in total. The van der Waals surface area contributed by atoms with Crippen LogP contribution in [-0.4, -0.2) is 36.2 Å².